The molecule has 0 amide bonds. The van der Waals surface area contributed by atoms with Crippen LogP contribution in [-0.2, 0) is 11.2 Å². The highest BCUT2D eigenvalue weighted by Gasteiger charge is 2.23. The molecule has 2 rings (SSSR count). The third-order valence-corrected chi connectivity index (χ3v) is 4.09. The maximum atomic E-state index is 11.6. The highest BCUT2D eigenvalue weighted by Crippen LogP contribution is 2.28. The molecule has 0 saturated heterocycles. The molecule has 2 aromatic rings. The van der Waals surface area contributed by atoms with Crippen LogP contribution in [0, 0.1) is 0 Å². The van der Waals surface area contributed by atoms with Crippen molar-refractivity contribution in [1.82, 2.24) is 0 Å². The maximum Gasteiger partial charge on any atom is 0.345 e. The Labute approximate surface area is 145 Å². The van der Waals surface area contributed by atoms with Crippen LogP contribution in [0.25, 0.3) is 0 Å². The van der Waals surface area contributed by atoms with E-state index in [2.05, 4.69) is 0 Å². The SMILES string of the molecule is CC(C)c1ccccc1O[C@H](Cc1ccc(Cl)cc1Cl)C(=O)O. The zero-order valence-electron chi connectivity index (χ0n) is 12.9. The van der Waals surface area contributed by atoms with Gasteiger partial charge in [-0.25, -0.2) is 4.79 Å². The lowest BCUT2D eigenvalue weighted by Crippen LogP contribution is -2.30. The minimum Gasteiger partial charge on any atom is -0.478 e. The number of hydrogen-bond donors (Lipinski definition) is 1. The molecule has 23 heavy (non-hydrogen) atoms. The molecule has 1 atom stereocenters. The Morgan fingerprint density at radius 2 is 1.87 bits per heavy atom. The van der Waals surface area contributed by atoms with Gasteiger partial charge in [0.1, 0.15) is 5.75 Å². The summed E-state index contributed by atoms with van der Waals surface area (Å²) in [6, 6.07) is 12.5. The average molecular weight is 353 g/mol. The lowest BCUT2D eigenvalue weighted by Gasteiger charge is -2.19. The molecule has 0 bridgehead atoms. The molecule has 0 radical (unpaired) electrons. The second kappa shape index (κ2) is 7.71. The van der Waals surface area contributed by atoms with Crippen molar-refractivity contribution in [3.05, 3.63) is 63.6 Å². The van der Waals surface area contributed by atoms with Crippen LogP contribution < -0.4 is 4.74 Å². The number of carboxylic acids is 1. The van der Waals surface area contributed by atoms with Crippen LogP contribution in [0.3, 0.4) is 0 Å². The van der Waals surface area contributed by atoms with Crippen LogP contribution >= 0.6 is 23.2 Å². The Morgan fingerprint density at radius 1 is 1.17 bits per heavy atom. The van der Waals surface area contributed by atoms with E-state index < -0.39 is 12.1 Å². The first-order chi connectivity index (χ1) is 10.9. The van der Waals surface area contributed by atoms with Crippen molar-refractivity contribution in [2.75, 3.05) is 0 Å². The molecule has 0 aliphatic heterocycles. The Balaban J connectivity index is 2.25. The zero-order chi connectivity index (χ0) is 17.0. The standard InChI is InChI=1S/C18H18Cl2O3/c1-11(2)14-5-3-4-6-16(14)23-17(18(21)22)9-12-7-8-13(19)10-15(12)20/h3-8,10-11,17H,9H2,1-2H3,(H,21,22)/t17-/m1/s1. The first kappa shape index (κ1) is 17.6. The molecule has 0 saturated carbocycles. The van der Waals surface area contributed by atoms with Crippen molar-refractivity contribution in [3.8, 4) is 5.75 Å². The van der Waals surface area contributed by atoms with Crippen molar-refractivity contribution in [2.45, 2.75) is 32.3 Å². The number of rotatable bonds is 6. The van der Waals surface area contributed by atoms with E-state index in [4.69, 9.17) is 27.9 Å². The molecule has 0 aromatic heterocycles. The summed E-state index contributed by atoms with van der Waals surface area (Å²) >= 11 is 12.0. The van der Waals surface area contributed by atoms with Crippen LogP contribution in [0.2, 0.25) is 10.0 Å². The van der Waals surface area contributed by atoms with Crippen LogP contribution in [0.4, 0.5) is 0 Å². The summed E-state index contributed by atoms with van der Waals surface area (Å²) in [5.74, 6) is -0.214. The summed E-state index contributed by atoms with van der Waals surface area (Å²) in [6.07, 6.45) is -0.855. The molecule has 0 spiro atoms. The van der Waals surface area contributed by atoms with Crippen LogP contribution in [-0.4, -0.2) is 17.2 Å². The lowest BCUT2D eigenvalue weighted by atomic mass is 10.0. The third kappa shape index (κ3) is 4.63. The second-order valence-corrected chi connectivity index (χ2v) is 6.42. The van der Waals surface area contributed by atoms with Crippen molar-refractivity contribution >= 4 is 29.2 Å². The first-order valence-electron chi connectivity index (χ1n) is 7.30. The molecule has 0 aliphatic rings. The highest BCUT2D eigenvalue weighted by atomic mass is 35.5. The van der Waals surface area contributed by atoms with Gasteiger partial charge in [-0.2, -0.15) is 0 Å². The van der Waals surface area contributed by atoms with E-state index in [-0.39, 0.29) is 12.3 Å². The minimum atomic E-state index is -1.03. The van der Waals surface area contributed by atoms with E-state index in [1.807, 2.05) is 32.0 Å². The van der Waals surface area contributed by atoms with Crippen molar-refractivity contribution in [1.29, 1.82) is 0 Å². The topological polar surface area (TPSA) is 46.5 Å². The monoisotopic (exact) mass is 352 g/mol. The fourth-order valence-corrected chi connectivity index (χ4v) is 2.77. The summed E-state index contributed by atoms with van der Waals surface area (Å²) in [4.78, 5) is 11.6. The third-order valence-electron chi connectivity index (χ3n) is 3.51. The molecule has 5 heteroatoms. The van der Waals surface area contributed by atoms with E-state index >= 15 is 0 Å². The number of carbonyl (C=O) groups is 1. The van der Waals surface area contributed by atoms with Gasteiger partial charge in [-0.1, -0.05) is 61.3 Å². The van der Waals surface area contributed by atoms with Gasteiger partial charge in [0.25, 0.3) is 0 Å². The number of ether oxygens (including phenoxy) is 1. The van der Waals surface area contributed by atoms with Gasteiger partial charge in [0.05, 0.1) is 0 Å². The number of benzene rings is 2. The predicted octanol–water partition coefficient (Wildman–Crippen LogP) is 5.19. The Morgan fingerprint density at radius 3 is 2.48 bits per heavy atom. The van der Waals surface area contributed by atoms with E-state index in [1.54, 1.807) is 24.3 Å². The van der Waals surface area contributed by atoms with Gasteiger partial charge in [-0.15, -0.1) is 0 Å². The molecule has 2 aromatic carbocycles. The van der Waals surface area contributed by atoms with E-state index in [9.17, 15) is 9.90 Å². The number of halogens is 2. The van der Waals surface area contributed by atoms with Gasteiger partial charge in [0.2, 0.25) is 0 Å². The normalized spacial score (nSPS) is 12.2. The van der Waals surface area contributed by atoms with Crippen molar-refractivity contribution < 1.29 is 14.6 Å². The lowest BCUT2D eigenvalue weighted by molar-refractivity contribution is -0.145. The largest absolute Gasteiger partial charge is 0.478 e. The van der Waals surface area contributed by atoms with Crippen LogP contribution in [0.1, 0.15) is 30.9 Å². The molecule has 0 aliphatic carbocycles. The number of hydrogen-bond acceptors (Lipinski definition) is 2. The smallest absolute Gasteiger partial charge is 0.345 e. The Hall–Kier alpha value is -1.71. The van der Waals surface area contributed by atoms with Crippen LogP contribution in [0.5, 0.6) is 5.75 Å². The number of para-hydroxylation sites is 1. The predicted molar refractivity (Wildman–Crippen MR) is 92.7 cm³/mol. The van der Waals surface area contributed by atoms with Crippen molar-refractivity contribution in [3.63, 3.8) is 0 Å². The molecule has 0 unspecified atom stereocenters. The van der Waals surface area contributed by atoms with Gasteiger partial charge in [-0.05, 0) is 35.2 Å². The second-order valence-electron chi connectivity index (χ2n) is 5.58. The molecule has 0 fully saturated rings. The van der Waals surface area contributed by atoms with Gasteiger partial charge in [0.15, 0.2) is 6.10 Å². The fraction of sp³-hybridized carbons (Fsp3) is 0.278. The minimum absolute atomic E-state index is 0.164. The summed E-state index contributed by atoms with van der Waals surface area (Å²) in [5.41, 5.74) is 1.66. The van der Waals surface area contributed by atoms with Gasteiger partial charge in [0, 0.05) is 16.5 Å². The molecular weight excluding hydrogens is 335 g/mol. The maximum absolute atomic E-state index is 11.6. The Kier molecular flexibility index (Phi) is 5.91. The van der Waals surface area contributed by atoms with E-state index in [0.717, 1.165) is 5.56 Å². The van der Waals surface area contributed by atoms with Crippen molar-refractivity contribution in [2.24, 2.45) is 0 Å². The first-order valence-corrected chi connectivity index (χ1v) is 8.06. The quantitative estimate of drug-likeness (QED) is 0.777. The molecule has 3 nitrogen and oxygen atoms in total. The highest BCUT2D eigenvalue weighted by molar-refractivity contribution is 6.35. The van der Waals surface area contributed by atoms with E-state index in [0.29, 0.717) is 21.4 Å². The van der Waals surface area contributed by atoms with E-state index in [1.165, 1.54) is 0 Å². The zero-order valence-corrected chi connectivity index (χ0v) is 14.4. The fourth-order valence-electron chi connectivity index (χ4n) is 2.28. The number of aliphatic carboxylic acids is 1. The average Bonchev–Trinajstić information content (AvgIpc) is 2.49. The van der Waals surface area contributed by atoms with Gasteiger partial charge >= 0.3 is 5.97 Å². The summed E-state index contributed by atoms with van der Waals surface area (Å²) < 4.78 is 5.77. The summed E-state index contributed by atoms with van der Waals surface area (Å²) in [5, 5.41) is 10.4. The summed E-state index contributed by atoms with van der Waals surface area (Å²) in [7, 11) is 0. The molecule has 122 valence electrons. The number of carboxylic acid groups (broad SMARTS) is 1. The molecular formula is C18H18Cl2O3. The van der Waals surface area contributed by atoms with Crippen LogP contribution in [0.15, 0.2) is 42.5 Å². The van der Waals surface area contributed by atoms with Gasteiger partial charge in [-0.3, -0.25) is 0 Å². The summed E-state index contributed by atoms with van der Waals surface area (Å²) in [6.45, 7) is 4.07. The molecule has 1 N–H and O–H groups in total. The molecule has 0 heterocycles. The Bertz CT molecular complexity index is 698. The van der Waals surface area contributed by atoms with Gasteiger partial charge < -0.3 is 9.84 Å².